The number of nitrogens with zero attached hydrogens (tertiary/aromatic N) is 1. The lowest BCUT2D eigenvalue weighted by Gasteiger charge is -2.12. The van der Waals surface area contributed by atoms with Gasteiger partial charge in [-0.3, -0.25) is 4.99 Å². The summed E-state index contributed by atoms with van der Waals surface area (Å²) in [5.74, 6) is 1.70. The summed E-state index contributed by atoms with van der Waals surface area (Å²) in [5.41, 5.74) is 3.57. The van der Waals surface area contributed by atoms with Crippen LogP contribution in [0.3, 0.4) is 0 Å². The van der Waals surface area contributed by atoms with Gasteiger partial charge in [-0.2, -0.15) is 11.3 Å². The number of aliphatic imine (C=N–C) groups is 1. The summed E-state index contributed by atoms with van der Waals surface area (Å²) in [7, 11) is 3.47. The number of hydrogen-bond donors (Lipinski definition) is 2. The van der Waals surface area contributed by atoms with Gasteiger partial charge in [-0.15, -0.1) is 24.0 Å². The first-order chi connectivity index (χ1) is 10.2. The van der Waals surface area contributed by atoms with E-state index in [1.165, 1.54) is 5.56 Å². The lowest BCUT2D eigenvalue weighted by atomic mass is 10.1. The molecule has 0 saturated heterocycles. The summed E-state index contributed by atoms with van der Waals surface area (Å²) in [4.78, 5) is 4.23. The summed E-state index contributed by atoms with van der Waals surface area (Å²) in [6, 6.07) is 8.32. The summed E-state index contributed by atoms with van der Waals surface area (Å²) in [6.45, 7) is 3.53. The fourth-order valence-electron chi connectivity index (χ4n) is 1.96. The Balaban J connectivity index is 0.00000242. The van der Waals surface area contributed by atoms with Crippen molar-refractivity contribution in [1.82, 2.24) is 10.6 Å². The van der Waals surface area contributed by atoms with Gasteiger partial charge >= 0.3 is 0 Å². The molecule has 22 heavy (non-hydrogen) atoms. The number of thiophene rings is 1. The van der Waals surface area contributed by atoms with Gasteiger partial charge in [-0.1, -0.05) is 12.1 Å². The maximum atomic E-state index is 5.34. The van der Waals surface area contributed by atoms with Gasteiger partial charge < -0.3 is 15.4 Å². The smallest absolute Gasteiger partial charge is 0.191 e. The van der Waals surface area contributed by atoms with Crippen LogP contribution in [0.15, 0.2) is 40.0 Å². The number of nitrogens with one attached hydrogen (secondary N) is 2. The Morgan fingerprint density at radius 2 is 1.91 bits per heavy atom. The van der Waals surface area contributed by atoms with Crippen LogP contribution in [-0.4, -0.2) is 20.1 Å². The van der Waals surface area contributed by atoms with Crippen molar-refractivity contribution >= 4 is 41.3 Å². The Morgan fingerprint density at radius 1 is 1.18 bits per heavy atom. The minimum Gasteiger partial charge on any atom is -0.496 e. The molecule has 1 heterocycles. The first-order valence-electron chi connectivity index (χ1n) is 6.82. The monoisotopic (exact) mass is 431 g/mol. The molecule has 120 valence electrons. The Kier molecular flexibility index (Phi) is 8.26. The molecule has 0 unspecified atom stereocenters. The van der Waals surface area contributed by atoms with Crippen LogP contribution in [0.4, 0.5) is 0 Å². The molecule has 0 amide bonds. The van der Waals surface area contributed by atoms with E-state index in [0.717, 1.165) is 29.4 Å². The molecule has 4 nitrogen and oxygen atoms in total. The van der Waals surface area contributed by atoms with Crippen molar-refractivity contribution in [2.45, 2.75) is 20.0 Å². The standard InChI is InChI=1S/C16H21N3OS.HI/c1-12-4-5-13(8-15(12)20-3)9-18-16(17-2)19-10-14-6-7-21-11-14;/h4-8,11H,9-10H2,1-3H3,(H2,17,18,19);1H. The van der Waals surface area contributed by atoms with Crippen molar-refractivity contribution in [1.29, 1.82) is 0 Å². The number of ether oxygens (including phenoxy) is 1. The van der Waals surface area contributed by atoms with E-state index < -0.39 is 0 Å². The number of guanidine groups is 1. The van der Waals surface area contributed by atoms with Crippen LogP contribution in [0.25, 0.3) is 0 Å². The zero-order valence-corrected chi connectivity index (χ0v) is 16.2. The number of rotatable bonds is 5. The van der Waals surface area contributed by atoms with Crippen molar-refractivity contribution in [3.63, 3.8) is 0 Å². The van der Waals surface area contributed by atoms with Gasteiger partial charge in [0.1, 0.15) is 5.75 Å². The van der Waals surface area contributed by atoms with Crippen molar-refractivity contribution in [2.75, 3.05) is 14.2 Å². The Morgan fingerprint density at radius 3 is 2.50 bits per heavy atom. The highest BCUT2D eigenvalue weighted by Crippen LogP contribution is 2.18. The minimum atomic E-state index is 0. The highest BCUT2D eigenvalue weighted by atomic mass is 127. The third-order valence-corrected chi connectivity index (χ3v) is 3.93. The van der Waals surface area contributed by atoms with Gasteiger partial charge in [-0.25, -0.2) is 0 Å². The van der Waals surface area contributed by atoms with E-state index in [0.29, 0.717) is 6.54 Å². The molecule has 1 aromatic carbocycles. The van der Waals surface area contributed by atoms with E-state index >= 15 is 0 Å². The molecule has 2 aromatic rings. The van der Waals surface area contributed by atoms with E-state index in [1.54, 1.807) is 25.5 Å². The third-order valence-electron chi connectivity index (χ3n) is 3.20. The number of aryl methyl sites for hydroxylation is 1. The van der Waals surface area contributed by atoms with E-state index in [-0.39, 0.29) is 24.0 Å². The second-order valence-corrected chi connectivity index (χ2v) is 5.49. The fraction of sp³-hybridized carbons (Fsp3) is 0.312. The molecule has 2 rings (SSSR count). The van der Waals surface area contributed by atoms with Gasteiger partial charge in [0.2, 0.25) is 0 Å². The summed E-state index contributed by atoms with van der Waals surface area (Å²) in [6.07, 6.45) is 0. The highest BCUT2D eigenvalue weighted by Gasteiger charge is 2.02. The summed E-state index contributed by atoms with van der Waals surface area (Å²) < 4.78 is 5.34. The molecule has 1 aromatic heterocycles. The van der Waals surface area contributed by atoms with E-state index in [2.05, 4.69) is 50.7 Å². The molecule has 0 radical (unpaired) electrons. The number of methoxy groups -OCH3 is 1. The summed E-state index contributed by atoms with van der Waals surface area (Å²) in [5, 5.41) is 10.8. The predicted molar refractivity (Wildman–Crippen MR) is 105 cm³/mol. The van der Waals surface area contributed by atoms with Gasteiger partial charge in [-0.05, 0) is 46.5 Å². The molecular weight excluding hydrogens is 409 g/mol. The molecule has 0 bridgehead atoms. The molecule has 0 aliphatic carbocycles. The molecule has 0 aliphatic heterocycles. The van der Waals surface area contributed by atoms with Gasteiger partial charge in [0.25, 0.3) is 0 Å². The largest absolute Gasteiger partial charge is 0.496 e. The second-order valence-electron chi connectivity index (χ2n) is 4.71. The minimum absolute atomic E-state index is 0. The molecule has 2 N–H and O–H groups in total. The maximum absolute atomic E-state index is 5.34. The molecule has 0 fully saturated rings. The Hall–Kier alpha value is -1.28. The lowest BCUT2D eigenvalue weighted by molar-refractivity contribution is 0.411. The first-order valence-corrected chi connectivity index (χ1v) is 7.76. The van der Waals surface area contributed by atoms with Gasteiger partial charge in [0.05, 0.1) is 7.11 Å². The maximum Gasteiger partial charge on any atom is 0.191 e. The van der Waals surface area contributed by atoms with Crippen LogP contribution in [0.1, 0.15) is 16.7 Å². The van der Waals surface area contributed by atoms with E-state index in [1.807, 2.05) is 6.92 Å². The Bertz CT molecular complexity index is 599. The second kappa shape index (κ2) is 9.68. The SMILES string of the molecule is CN=C(NCc1ccsc1)NCc1ccc(C)c(OC)c1.I. The predicted octanol–water partition coefficient (Wildman–Crippen LogP) is 3.55. The molecule has 0 saturated carbocycles. The number of benzene rings is 1. The first kappa shape index (κ1) is 18.8. The lowest BCUT2D eigenvalue weighted by Crippen LogP contribution is -2.36. The number of halogens is 1. The van der Waals surface area contributed by atoms with Crippen LogP contribution in [0.5, 0.6) is 5.75 Å². The normalized spacial score (nSPS) is 10.8. The van der Waals surface area contributed by atoms with Gasteiger partial charge in [0.15, 0.2) is 5.96 Å². The average molecular weight is 431 g/mol. The van der Waals surface area contributed by atoms with E-state index in [9.17, 15) is 0 Å². The highest BCUT2D eigenvalue weighted by molar-refractivity contribution is 14.0. The number of hydrogen-bond acceptors (Lipinski definition) is 3. The Labute approximate surface area is 153 Å². The zero-order chi connectivity index (χ0) is 15.1. The van der Waals surface area contributed by atoms with Crippen LogP contribution >= 0.6 is 35.3 Å². The quantitative estimate of drug-likeness (QED) is 0.433. The van der Waals surface area contributed by atoms with E-state index in [4.69, 9.17) is 4.74 Å². The van der Waals surface area contributed by atoms with Crippen LogP contribution in [0.2, 0.25) is 0 Å². The van der Waals surface area contributed by atoms with Crippen LogP contribution < -0.4 is 15.4 Å². The van der Waals surface area contributed by atoms with Crippen LogP contribution in [-0.2, 0) is 13.1 Å². The molecule has 0 aliphatic rings. The average Bonchev–Trinajstić information content (AvgIpc) is 3.02. The van der Waals surface area contributed by atoms with Crippen molar-refractivity contribution in [3.05, 3.63) is 51.7 Å². The fourth-order valence-corrected chi connectivity index (χ4v) is 2.63. The van der Waals surface area contributed by atoms with Crippen molar-refractivity contribution < 1.29 is 4.74 Å². The van der Waals surface area contributed by atoms with Crippen molar-refractivity contribution in [3.8, 4) is 5.75 Å². The third kappa shape index (κ3) is 5.49. The topological polar surface area (TPSA) is 45.7 Å². The van der Waals surface area contributed by atoms with Crippen LogP contribution in [0, 0.1) is 6.92 Å². The zero-order valence-electron chi connectivity index (χ0n) is 13.1. The summed E-state index contributed by atoms with van der Waals surface area (Å²) >= 11 is 1.70. The van der Waals surface area contributed by atoms with Crippen molar-refractivity contribution in [2.24, 2.45) is 4.99 Å². The molecular formula is C16H22IN3OS. The molecule has 0 atom stereocenters. The van der Waals surface area contributed by atoms with Gasteiger partial charge in [0, 0.05) is 20.1 Å². The molecule has 0 spiro atoms. The molecule has 6 heteroatoms.